The summed E-state index contributed by atoms with van der Waals surface area (Å²) in [4.78, 5) is 0. The Bertz CT molecular complexity index is 3130. The summed E-state index contributed by atoms with van der Waals surface area (Å²) in [6.07, 6.45) is 0. The van der Waals surface area contributed by atoms with Crippen LogP contribution in [0.15, 0.2) is 194 Å². The molecule has 0 bridgehead atoms. The Morgan fingerprint density at radius 2 is 0.808 bits per heavy atom. The molecule has 11 rings (SSSR count). The van der Waals surface area contributed by atoms with E-state index in [1.165, 1.54) is 87.4 Å². The first-order valence-corrected chi connectivity index (χ1v) is 17.9. The molecule has 52 heavy (non-hydrogen) atoms. The van der Waals surface area contributed by atoms with E-state index < -0.39 is 0 Å². The summed E-state index contributed by atoms with van der Waals surface area (Å²) in [5, 5.41) is 11.4. The molecule has 2 nitrogen and oxygen atoms in total. The van der Waals surface area contributed by atoms with E-state index in [4.69, 9.17) is 0 Å². The molecule has 2 aromatic heterocycles. The third-order valence-electron chi connectivity index (χ3n) is 10.9. The van der Waals surface area contributed by atoms with Gasteiger partial charge in [0.05, 0.1) is 22.2 Å². The van der Waals surface area contributed by atoms with Crippen molar-refractivity contribution < 1.29 is 0 Å². The van der Waals surface area contributed by atoms with Gasteiger partial charge in [-0.1, -0.05) is 152 Å². The lowest BCUT2D eigenvalue weighted by Crippen LogP contribution is -2.00. The fraction of sp³-hybridized carbons (Fsp3) is 0. The highest BCUT2D eigenvalue weighted by atomic mass is 15.0. The number of hydrogen-bond donors (Lipinski definition) is 0. The Hall–Kier alpha value is -6.90. The van der Waals surface area contributed by atoms with Crippen LogP contribution < -0.4 is 0 Å². The molecule has 0 amide bonds. The van der Waals surface area contributed by atoms with Gasteiger partial charge in [-0.3, -0.25) is 0 Å². The number of para-hydroxylation sites is 2. The van der Waals surface area contributed by atoms with Gasteiger partial charge in [-0.2, -0.15) is 0 Å². The molecular formula is C50H32N2. The van der Waals surface area contributed by atoms with Gasteiger partial charge >= 0.3 is 0 Å². The molecule has 242 valence electrons. The van der Waals surface area contributed by atoms with Crippen molar-refractivity contribution in [3.8, 4) is 33.8 Å². The van der Waals surface area contributed by atoms with Crippen LogP contribution in [0.4, 0.5) is 0 Å². The van der Waals surface area contributed by atoms with Crippen LogP contribution in [0.1, 0.15) is 0 Å². The third-order valence-corrected chi connectivity index (χ3v) is 10.9. The second-order valence-electron chi connectivity index (χ2n) is 13.7. The van der Waals surface area contributed by atoms with Crippen LogP contribution in [-0.4, -0.2) is 9.13 Å². The van der Waals surface area contributed by atoms with Gasteiger partial charge in [0.1, 0.15) is 0 Å². The van der Waals surface area contributed by atoms with Crippen LogP contribution in [0.3, 0.4) is 0 Å². The minimum atomic E-state index is 1.14. The zero-order valence-electron chi connectivity index (χ0n) is 28.4. The first-order valence-electron chi connectivity index (χ1n) is 17.9. The molecule has 0 aliphatic rings. The largest absolute Gasteiger partial charge is 0.307 e. The molecule has 2 heteroatoms. The number of fused-ring (bicyclic) bond motifs is 11. The molecule has 0 aliphatic carbocycles. The van der Waals surface area contributed by atoms with Crippen LogP contribution in [0.25, 0.3) is 98.8 Å². The van der Waals surface area contributed by atoms with Gasteiger partial charge in [0, 0.05) is 27.5 Å². The van der Waals surface area contributed by atoms with Gasteiger partial charge in [0.25, 0.3) is 0 Å². The van der Waals surface area contributed by atoms with E-state index in [-0.39, 0.29) is 0 Å². The van der Waals surface area contributed by atoms with Gasteiger partial charge in [-0.15, -0.1) is 0 Å². The summed E-state index contributed by atoms with van der Waals surface area (Å²) in [5.74, 6) is 0. The Morgan fingerprint density at radius 3 is 1.54 bits per heavy atom. The molecule has 0 atom stereocenters. The summed E-state index contributed by atoms with van der Waals surface area (Å²) >= 11 is 0. The fourth-order valence-corrected chi connectivity index (χ4v) is 8.59. The molecule has 0 unspecified atom stereocenters. The first kappa shape index (κ1) is 28.9. The Morgan fingerprint density at radius 1 is 0.269 bits per heavy atom. The van der Waals surface area contributed by atoms with Crippen molar-refractivity contribution in [3.05, 3.63) is 194 Å². The number of nitrogens with zero attached hydrogens (tertiary/aromatic N) is 2. The molecule has 0 aliphatic heterocycles. The molecule has 9 aromatic carbocycles. The predicted molar refractivity (Wildman–Crippen MR) is 221 cm³/mol. The lowest BCUT2D eigenvalue weighted by Gasteiger charge is -2.15. The third kappa shape index (κ3) is 4.25. The van der Waals surface area contributed by atoms with Crippen LogP contribution in [0.2, 0.25) is 0 Å². The molecule has 0 saturated carbocycles. The van der Waals surface area contributed by atoms with Crippen molar-refractivity contribution in [2.45, 2.75) is 0 Å². The van der Waals surface area contributed by atoms with Gasteiger partial charge < -0.3 is 9.13 Å². The van der Waals surface area contributed by atoms with E-state index in [0.717, 1.165) is 11.4 Å². The van der Waals surface area contributed by atoms with Crippen LogP contribution >= 0.6 is 0 Å². The molecule has 11 aromatic rings. The summed E-state index contributed by atoms with van der Waals surface area (Å²) < 4.78 is 4.93. The molecule has 0 radical (unpaired) electrons. The van der Waals surface area contributed by atoms with E-state index in [1.807, 2.05) is 0 Å². The normalized spacial score (nSPS) is 11.8. The van der Waals surface area contributed by atoms with Gasteiger partial charge in [-0.05, 0) is 91.5 Å². The summed E-state index contributed by atoms with van der Waals surface area (Å²) in [6, 6.07) is 71.0. The number of hydrogen-bond acceptors (Lipinski definition) is 0. The van der Waals surface area contributed by atoms with Crippen LogP contribution in [-0.2, 0) is 0 Å². The first-order chi connectivity index (χ1) is 25.8. The maximum Gasteiger partial charge on any atom is 0.0788 e. The number of rotatable bonds is 4. The molecule has 0 saturated heterocycles. The van der Waals surface area contributed by atoms with Gasteiger partial charge in [-0.25, -0.2) is 0 Å². The molecule has 0 fully saturated rings. The van der Waals surface area contributed by atoms with Crippen molar-refractivity contribution in [3.63, 3.8) is 0 Å². The summed E-state index contributed by atoms with van der Waals surface area (Å²) in [7, 11) is 0. The quantitative estimate of drug-likeness (QED) is 0.166. The van der Waals surface area contributed by atoms with E-state index in [9.17, 15) is 0 Å². The summed E-state index contributed by atoms with van der Waals surface area (Å²) in [6.45, 7) is 0. The van der Waals surface area contributed by atoms with Crippen molar-refractivity contribution in [2.75, 3.05) is 0 Å². The monoisotopic (exact) mass is 660 g/mol. The minimum absolute atomic E-state index is 1.14. The number of aromatic nitrogens is 2. The lowest BCUT2D eigenvalue weighted by molar-refractivity contribution is 1.12. The van der Waals surface area contributed by atoms with E-state index in [2.05, 4.69) is 203 Å². The van der Waals surface area contributed by atoms with E-state index >= 15 is 0 Å². The van der Waals surface area contributed by atoms with E-state index in [1.54, 1.807) is 0 Å². The molecule has 0 spiro atoms. The van der Waals surface area contributed by atoms with Crippen molar-refractivity contribution >= 4 is 65.0 Å². The standard InChI is InChI=1S/C50H32N2/c1-3-14-33(15-4-1)48-32-36-27-29-45-44-24-11-12-25-47(44)52(50(45)49(36)51(48)37-17-5-2-6-18-37)38-19-13-16-34(30-38)35-26-28-43-41-22-8-7-20-39(41)40-21-9-10-23-42(40)46(43)31-35/h1-32H. The number of benzene rings is 9. The zero-order valence-corrected chi connectivity index (χ0v) is 28.4. The molecule has 0 N–H and O–H groups in total. The highest BCUT2D eigenvalue weighted by Crippen LogP contribution is 2.42. The Kier molecular flexibility index (Phi) is 6.28. The average molecular weight is 661 g/mol. The second kappa shape index (κ2) is 11.3. The second-order valence-corrected chi connectivity index (χ2v) is 13.7. The summed E-state index contributed by atoms with van der Waals surface area (Å²) in [5.41, 5.74) is 10.7. The zero-order chi connectivity index (χ0) is 34.2. The minimum Gasteiger partial charge on any atom is -0.307 e. The highest BCUT2D eigenvalue weighted by Gasteiger charge is 2.21. The maximum absolute atomic E-state index is 2.48. The lowest BCUT2D eigenvalue weighted by atomic mass is 9.92. The van der Waals surface area contributed by atoms with Gasteiger partial charge in [0.15, 0.2) is 0 Å². The topological polar surface area (TPSA) is 9.86 Å². The van der Waals surface area contributed by atoms with Gasteiger partial charge in [0.2, 0.25) is 0 Å². The van der Waals surface area contributed by atoms with Crippen LogP contribution in [0, 0.1) is 0 Å². The smallest absolute Gasteiger partial charge is 0.0788 e. The Balaban J connectivity index is 1.20. The van der Waals surface area contributed by atoms with E-state index in [0.29, 0.717) is 0 Å². The molecular weight excluding hydrogens is 629 g/mol. The van der Waals surface area contributed by atoms with Crippen molar-refractivity contribution in [1.82, 2.24) is 9.13 Å². The Labute approximate surface area is 301 Å². The van der Waals surface area contributed by atoms with Crippen molar-refractivity contribution in [2.24, 2.45) is 0 Å². The molecule has 2 heterocycles. The fourth-order valence-electron chi connectivity index (χ4n) is 8.59. The maximum atomic E-state index is 2.48. The predicted octanol–water partition coefficient (Wildman–Crippen LogP) is 13.5. The SMILES string of the molecule is c1ccc(-c2cc3ccc4c5ccccc5n(-c5cccc(-c6ccc7c8ccccc8c8ccccc8c7c6)c5)c4c3n2-c2ccccc2)cc1. The van der Waals surface area contributed by atoms with Crippen LogP contribution in [0.5, 0.6) is 0 Å². The average Bonchev–Trinajstić information content (AvgIpc) is 3.78. The van der Waals surface area contributed by atoms with Crippen molar-refractivity contribution in [1.29, 1.82) is 0 Å². The highest BCUT2D eigenvalue weighted by molar-refractivity contribution is 6.26.